The zero-order chi connectivity index (χ0) is 34.9. The lowest BCUT2D eigenvalue weighted by Gasteiger charge is -2.63. The second kappa shape index (κ2) is 22.3. The SMILES string of the molecule is C=C(C)C.CC.CC.CC.CC.CCC[C@@]1(C)CCC2(CC)C(CCC3C2CCC2(C)C3CC[C@@H]2C(C)CN(C)N(C)C)C1. The molecule has 0 aromatic rings. The number of nitrogens with zero attached hydrogens (tertiary/aromatic N) is 2. The molecule has 0 saturated heterocycles. The second-order valence-electron chi connectivity index (χ2n) is 15.1. The minimum atomic E-state index is 0.598. The highest BCUT2D eigenvalue weighted by Crippen LogP contribution is 2.70. The molecule has 2 heteroatoms. The molecule has 2 nitrogen and oxygen atoms in total. The van der Waals surface area contributed by atoms with Crippen molar-refractivity contribution in [2.75, 3.05) is 27.7 Å². The van der Waals surface area contributed by atoms with E-state index in [9.17, 15) is 0 Å². The predicted molar refractivity (Wildman–Crippen MR) is 204 cm³/mol. The summed E-state index contributed by atoms with van der Waals surface area (Å²) in [6.45, 7) is 37.6. The fourth-order valence-electron chi connectivity index (χ4n) is 10.6. The van der Waals surface area contributed by atoms with Gasteiger partial charge in [-0.15, -0.1) is 6.58 Å². The van der Waals surface area contributed by atoms with Crippen LogP contribution in [0.3, 0.4) is 0 Å². The Morgan fingerprint density at radius 2 is 1.32 bits per heavy atom. The van der Waals surface area contributed by atoms with Crippen molar-refractivity contribution in [1.82, 2.24) is 10.0 Å². The molecule has 0 aliphatic heterocycles. The monoisotopic (exact) mass is 621 g/mol. The van der Waals surface area contributed by atoms with Crippen LogP contribution in [0, 0.1) is 51.8 Å². The molecule has 4 fully saturated rings. The maximum Gasteiger partial charge on any atom is 0.0158 e. The summed E-state index contributed by atoms with van der Waals surface area (Å²) in [7, 11) is 6.65. The first kappa shape index (κ1) is 45.8. The molecule has 9 atom stereocenters. The van der Waals surface area contributed by atoms with Crippen LogP contribution in [0.4, 0.5) is 0 Å². The smallest absolute Gasteiger partial charge is 0.0158 e. The number of hydrazine groups is 1. The van der Waals surface area contributed by atoms with Gasteiger partial charge in [-0.1, -0.05) is 102 Å². The van der Waals surface area contributed by atoms with E-state index in [1.54, 1.807) is 25.7 Å². The second-order valence-corrected chi connectivity index (χ2v) is 15.1. The minimum absolute atomic E-state index is 0.598. The molecule has 4 aliphatic rings. The van der Waals surface area contributed by atoms with Gasteiger partial charge in [0.1, 0.15) is 0 Å². The Bertz CT molecular complexity index is 725. The minimum Gasteiger partial charge on any atom is -0.248 e. The Labute approximate surface area is 282 Å². The van der Waals surface area contributed by atoms with Crippen LogP contribution in [0.15, 0.2) is 12.2 Å². The first-order valence-electron chi connectivity index (χ1n) is 19.8. The third-order valence-corrected chi connectivity index (χ3v) is 12.3. The molecule has 0 amide bonds. The molecule has 7 unspecified atom stereocenters. The van der Waals surface area contributed by atoms with Gasteiger partial charge in [-0.2, -0.15) is 0 Å². The lowest BCUT2D eigenvalue weighted by molar-refractivity contribution is -0.143. The lowest BCUT2D eigenvalue weighted by atomic mass is 9.41. The van der Waals surface area contributed by atoms with Gasteiger partial charge in [-0.3, -0.25) is 0 Å². The van der Waals surface area contributed by atoms with Crippen molar-refractivity contribution >= 4 is 0 Å². The van der Waals surface area contributed by atoms with E-state index in [4.69, 9.17) is 0 Å². The Hall–Kier alpha value is -0.340. The summed E-state index contributed by atoms with van der Waals surface area (Å²) in [5.41, 5.74) is 3.09. The van der Waals surface area contributed by atoms with Crippen molar-refractivity contribution in [3.8, 4) is 0 Å². The predicted octanol–water partition coefficient (Wildman–Crippen LogP) is 13.6. The highest BCUT2D eigenvalue weighted by molar-refractivity contribution is 5.11. The third kappa shape index (κ3) is 11.1. The van der Waals surface area contributed by atoms with Gasteiger partial charge in [-0.25, -0.2) is 10.0 Å². The molecule has 0 N–H and O–H groups in total. The first-order chi connectivity index (χ1) is 20.8. The zero-order valence-corrected chi connectivity index (χ0v) is 34.3. The Morgan fingerprint density at radius 3 is 1.80 bits per heavy atom. The summed E-state index contributed by atoms with van der Waals surface area (Å²) in [4.78, 5) is 0. The van der Waals surface area contributed by atoms with Crippen LogP contribution in [-0.2, 0) is 0 Å². The van der Waals surface area contributed by atoms with E-state index in [1.807, 2.05) is 69.2 Å². The summed E-state index contributed by atoms with van der Waals surface area (Å²) in [5, 5.41) is 4.70. The van der Waals surface area contributed by atoms with E-state index in [-0.39, 0.29) is 0 Å². The van der Waals surface area contributed by atoms with Gasteiger partial charge in [0.2, 0.25) is 0 Å². The van der Waals surface area contributed by atoms with Gasteiger partial charge >= 0.3 is 0 Å². The molecule has 4 saturated carbocycles. The summed E-state index contributed by atoms with van der Waals surface area (Å²) < 4.78 is 0. The molecular weight excluding hydrogens is 532 g/mol. The molecule has 4 rings (SSSR count). The standard InChI is InChI=1S/C30H56N2.C4H8.4C2H6/c1-9-16-28(4)18-19-30(10-2)23(20-28)11-12-24-26-14-13-25(22(3)21-32(8)31(6)7)29(26,5)17-15-27(24)30;1-4(2)3;4*1-2/h22-27H,9-21H2,1-8H3;1H2,2-3H3;4*1-2H3/t22?,23?,24?,25-,26?,27?,28+,29?,30?;;;;;/m1...../s1. The molecule has 0 aromatic heterocycles. The van der Waals surface area contributed by atoms with Crippen LogP contribution in [0.2, 0.25) is 0 Å². The van der Waals surface area contributed by atoms with Crippen molar-refractivity contribution in [1.29, 1.82) is 0 Å². The molecule has 0 spiro atoms. The lowest BCUT2D eigenvalue weighted by Crippen LogP contribution is -2.55. The van der Waals surface area contributed by atoms with Crippen LogP contribution in [0.5, 0.6) is 0 Å². The van der Waals surface area contributed by atoms with Crippen LogP contribution in [-0.4, -0.2) is 37.7 Å². The highest BCUT2D eigenvalue weighted by atomic mass is 15.6. The topological polar surface area (TPSA) is 6.48 Å². The summed E-state index contributed by atoms with van der Waals surface area (Å²) in [6, 6.07) is 0. The van der Waals surface area contributed by atoms with Crippen molar-refractivity contribution in [2.24, 2.45) is 51.8 Å². The van der Waals surface area contributed by atoms with Crippen LogP contribution in [0.25, 0.3) is 0 Å². The fraction of sp³-hybridized carbons (Fsp3) is 0.952. The molecular formula is C42H88N2. The zero-order valence-electron chi connectivity index (χ0n) is 34.3. The molecule has 0 heterocycles. The first-order valence-corrected chi connectivity index (χ1v) is 19.8. The molecule has 4 aliphatic carbocycles. The van der Waals surface area contributed by atoms with Gasteiger partial charge in [0.05, 0.1) is 0 Å². The van der Waals surface area contributed by atoms with Gasteiger partial charge in [0, 0.05) is 27.7 Å². The quantitative estimate of drug-likeness (QED) is 0.206. The van der Waals surface area contributed by atoms with Crippen molar-refractivity contribution in [2.45, 2.75) is 181 Å². The average Bonchev–Trinajstić information content (AvgIpc) is 3.38. The van der Waals surface area contributed by atoms with Gasteiger partial charge in [-0.05, 0) is 136 Å². The molecule has 266 valence electrons. The van der Waals surface area contributed by atoms with E-state index in [0.717, 1.165) is 35.5 Å². The molecule has 0 aromatic carbocycles. The van der Waals surface area contributed by atoms with E-state index in [1.165, 1.54) is 63.5 Å². The van der Waals surface area contributed by atoms with E-state index in [2.05, 4.69) is 72.4 Å². The number of hydrogen-bond donors (Lipinski definition) is 0. The summed E-state index contributed by atoms with van der Waals surface area (Å²) >= 11 is 0. The Kier molecular flexibility index (Phi) is 23.2. The highest BCUT2D eigenvalue weighted by Gasteiger charge is 2.62. The molecule has 0 bridgehead atoms. The normalized spacial score (nSPS) is 35.5. The third-order valence-electron chi connectivity index (χ3n) is 12.3. The van der Waals surface area contributed by atoms with Gasteiger partial charge < -0.3 is 0 Å². The van der Waals surface area contributed by atoms with E-state index < -0.39 is 0 Å². The fourth-order valence-corrected chi connectivity index (χ4v) is 10.6. The molecule has 44 heavy (non-hydrogen) atoms. The van der Waals surface area contributed by atoms with Crippen molar-refractivity contribution in [3.63, 3.8) is 0 Å². The maximum atomic E-state index is 3.56. The van der Waals surface area contributed by atoms with E-state index >= 15 is 0 Å². The number of fused-ring (bicyclic) bond motifs is 5. The Balaban J connectivity index is 0. The van der Waals surface area contributed by atoms with Crippen molar-refractivity contribution in [3.05, 3.63) is 12.2 Å². The van der Waals surface area contributed by atoms with Gasteiger partial charge in [0.25, 0.3) is 0 Å². The summed E-state index contributed by atoms with van der Waals surface area (Å²) in [5.74, 6) is 5.82. The summed E-state index contributed by atoms with van der Waals surface area (Å²) in [6.07, 6.45) is 18.0. The van der Waals surface area contributed by atoms with Crippen LogP contribution < -0.4 is 0 Å². The number of hydrogen-bond acceptors (Lipinski definition) is 2. The van der Waals surface area contributed by atoms with Crippen molar-refractivity contribution < 1.29 is 0 Å². The largest absolute Gasteiger partial charge is 0.248 e. The number of rotatable bonds is 7. The van der Waals surface area contributed by atoms with E-state index in [0.29, 0.717) is 16.2 Å². The molecule has 0 radical (unpaired) electrons. The van der Waals surface area contributed by atoms with Crippen LogP contribution in [0.1, 0.15) is 181 Å². The Morgan fingerprint density at radius 1 is 0.773 bits per heavy atom. The van der Waals surface area contributed by atoms with Crippen LogP contribution >= 0.6 is 0 Å². The van der Waals surface area contributed by atoms with Gasteiger partial charge in [0.15, 0.2) is 0 Å². The maximum absolute atomic E-state index is 3.56. The average molecular weight is 621 g/mol. The number of allylic oxidation sites excluding steroid dienone is 1.